The molecular formula is C16H15N5OS. The molecule has 6 nitrogen and oxygen atoms in total. The van der Waals surface area contributed by atoms with Gasteiger partial charge in [0.25, 0.3) is 0 Å². The summed E-state index contributed by atoms with van der Waals surface area (Å²) in [7, 11) is 0. The normalized spacial score (nSPS) is 10.3. The summed E-state index contributed by atoms with van der Waals surface area (Å²) in [5, 5.41) is 3.16. The fourth-order valence-electron chi connectivity index (χ4n) is 1.81. The Morgan fingerprint density at radius 2 is 1.70 bits per heavy atom. The maximum Gasteiger partial charge on any atom is 0.221 e. The van der Waals surface area contributed by atoms with E-state index < -0.39 is 0 Å². The molecule has 0 unspecified atom stereocenters. The molecule has 0 aliphatic carbocycles. The largest absolute Gasteiger partial charge is 0.368 e. The van der Waals surface area contributed by atoms with Crippen LogP contribution in [0.2, 0.25) is 0 Å². The minimum atomic E-state index is 0.238. The smallest absolute Gasteiger partial charge is 0.221 e. The van der Waals surface area contributed by atoms with Crippen LogP contribution in [0.4, 0.5) is 23.1 Å². The molecule has 1 heterocycles. The van der Waals surface area contributed by atoms with E-state index in [0.717, 1.165) is 16.3 Å². The zero-order valence-corrected chi connectivity index (χ0v) is 13.0. The van der Waals surface area contributed by atoms with Crippen molar-refractivity contribution in [2.75, 3.05) is 16.5 Å². The Morgan fingerprint density at radius 1 is 0.913 bits per heavy atom. The maximum atomic E-state index is 5.55. The molecule has 0 bridgehead atoms. The van der Waals surface area contributed by atoms with E-state index in [1.807, 2.05) is 54.6 Å². The summed E-state index contributed by atoms with van der Waals surface area (Å²) in [6.45, 7) is 0. The first-order chi connectivity index (χ1) is 11.3. The Bertz CT molecular complexity index is 752. The lowest BCUT2D eigenvalue weighted by Crippen LogP contribution is -1.98. The lowest BCUT2D eigenvalue weighted by Gasteiger charge is -2.07. The number of rotatable bonds is 6. The van der Waals surface area contributed by atoms with Crippen molar-refractivity contribution in [2.45, 2.75) is 4.90 Å². The molecule has 0 aliphatic rings. The van der Waals surface area contributed by atoms with Crippen molar-refractivity contribution in [1.82, 2.24) is 9.97 Å². The van der Waals surface area contributed by atoms with E-state index in [4.69, 9.17) is 10.0 Å². The summed E-state index contributed by atoms with van der Waals surface area (Å²) >= 11 is 1.25. The van der Waals surface area contributed by atoms with Crippen molar-refractivity contribution >= 4 is 35.2 Å². The molecule has 1 aromatic heterocycles. The van der Waals surface area contributed by atoms with Gasteiger partial charge in [-0.25, -0.2) is 4.98 Å². The molecule has 7 heteroatoms. The standard InChI is InChI=1S/C16H15N5OS/c17-16-18-11-10-15(20-16)19-12-6-8-14(9-7-12)23-22-21-13-4-2-1-3-5-13/h1-11,21H,(H3,17,18,19,20). The predicted molar refractivity (Wildman–Crippen MR) is 93.2 cm³/mol. The van der Waals surface area contributed by atoms with Crippen LogP contribution in [-0.2, 0) is 4.28 Å². The monoisotopic (exact) mass is 325 g/mol. The van der Waals surface area contributed by atoms with Crippen molar-refractivity contribution in [3.05, 3.63) is 66.9 Å². The number of nitrogen functional groups attached to an aromatic ring is 1. The van der Waals surface area contributed by atoms with Crippen LogP contribution in [0.15, 0.2) is 71.8 Å². The third-order valence-electron chi connectivity index (χ3n) is 2.87. The van der Waals surface area contributed by atoms with E-state index in [0.29, 0.717) is 5.82 Å². The highest BCUT2D eigenvalue weighted by Crippen LogP contribution is 2.23. The van der Waals surface area contributed by atoms with Crippen molar-refractivity contribution < 1.29 is 4.28 Å². The second kappa shape index (κ2) is 7.48. The highest BCUT2D eigenvalue weighted by molar-refractivity contribution is 7.94. The van der Waals surface area contributed by atoms with E-state index in [1.165, 1.54) is 12.0 Å². The lowest BCUT2D eigenvalue weighted by molar-refractivity contribution is 0.477. The summed E-state index contributed by atoms with van der Waals surface area (Å²) in [4.78, 5) is 8.92. The van der Waals surface area contributed by atoms with Gasteiger partial charge in [-0.15, -0.1) is 0 Å². The third kappa shape index (κ3) is 4.60. The van der Waals surface area contributed by atoms with Gasteiger partial charge in [-0.3, -0.25) is 5.48 Å². The lowest BCUT2D eigenvalue weighted by atomic mass is 10.3. The molecule has 0 saturated heterocycles. The molecule has 0 radical (unpaired) electrons. The van der Waals surface area contributed by atoms with Gasteiger partial charge in [0.15, 0.2) is 0 Å². The highest BCUT2D eigenvalue weighted by Gasteiger charge is 2.00. The number of hydrogen-bond acceptors (Lipinski definition) is 7. The Kier molecular flexibility index (Phi) is 4.92. The quantitative estimate of drug-likeness (QED) is 0.469. The van der Waals surface area contributed by atoms with Gasteiger partial charge < -0.3 is 11.1 Å². The van der Waals surface area contributed by atoms with E-state index in [2.05, 4.69) is 20.8 Å². The number of anilines is 4. The van der Waals surface area contributed by atoms with Gasteiger partial charge in [0.05, 0.1) is 17.7 Å². The second-order valence-electron chi connectivity index (χ2n) is 4.58. The number of benzene rings is 2. The second-order valence-corrected chi connectivity index (χ2v) is 5.39. The molecular weight excluding hydrogens is 310 g/mol. The van der Waals surface area contributed by atoms with Crippen LogP contribution in [0.5, 0.6) is 0 Å². The highest BCUT2D eigenvalue weighted by atomic mass is 32.2. The van der Waals surface area contributed by atoms with Crippen LogP contribution in [-0.4, -0.2) is 9.97 Å². The Balaban J connectivity index is 1.53. The van der Waals surface area contributed by atoms with Gasteiger partial charge in [0, 0.05) is 16.8 Å². The summed E-state index contributed by atoms with van der Waals surface area (Å²) in [6, 6.07) is 19.2. The topological polar surface area (TPSA) is 85.1 Å². The average molecular weight is 325 g/mol. The number of nitrogens with one attached hydrogen (secondary N) is 2. The van der Waals surface area contributed by atoms with E-state index in [9.17, 15) is 0 Å². The summed E-state index contributed by atoms with van der Waals surface area (Å²) in [6.07, 6.45) is 1.61. The van der Waals surface area contributed by atoms with Gasteiger partial charge in [-0.2, -0.15) is 9.27 Å². The van der Waals surface area contributed by atoms with E-state index in [1.54, 1.807) is 12.3 Å². The number of nitrogens with zero attached hydrogens (tertiary/aromatic N) is 2. The molecule has 4 N–H and O–H groups in total. The fourth-order valence-corrected chi connectivity index (χ4v) is 2.29. The molecule has 3 aromatic rings. The van der Waals surface area contributed by atoms with Crippen molar-refractivity contribution in [3.63, 3.8) is 0 Å². The molecule has 0 atom stereocenters. The molecule has 0 fully saturated rings. The van der Waals surface area contributed by atoms with Crippen molar-refractivity contribution in [2.24, 2.45) is 0 Å². The van der Waals surface area contributed by atoms with Gasteiger partial charge in [0.1, 0.15) is 5.82 Å². The number of hydrogen-bond donors (Lipinski definition) is 3. The van der Waals surface area contributed by atoms with E-state index in [-0.39, 0.29) is 5.95 Å². The first-order valence-electron chi connectivity index (χ1n) is 6.90. The van der Waals surface area contributed by atoms with Crippen LogP contribution in [0.25, 0.3) is 0 Å². The molecule has 2 aromatic carbocycles. The van der Waals surface area contributed by atoms with Gasteiger partial charge >= 0.3 is 0 Å². The molecule has 116 valence electrons. The number of nitrogens with two attached hydrogens (primary N) is 1. The zero-order chi connectivity index (χ0) is 15.9. The molecule has 0 saturated carbocycles. The SMILES string of the molecule is Nc1nccc(Nc2ccc(SONc3ccccc3)cc2)n1. The van der Waals surface area contributed by atoms with Crippen LogP contribution in [0.3, 0.4) is 0 Å². The Morgan fingerprint density at radius 3 is 2.43 bits per heavy atom. The first kappa shape index (κ1) is 15.1. The maximum absolute atomic E-state index is 5.55. The molecule has 0 amide bonds. The molecule has 23 heavy (non-hydrogen) atoms. The van der Waals surface area contributed by atoms with E-state index >= 15 is 0 Å². The Labute approximate surface area is 138 Å². The van der Waals surface area contributed by atoms with Crippen LogP contribution >= 0.6 is 12.0 Å². The van der Waals surface area contributed by atoms with Gasteiger partial charge in [-0.05, 0) is 42.5 Å². The minimum Gasteiger partial charge on any atom is -0.368 e. The molecule has 0 aliphatic heterocycles. The summed E-state index contributed by atoms with van der Waals surface area (Å²) < 4.78 is 5.39. The molecule has 3 rings (SSSR count). The minimum absolute atomic E-state index is 0.238. The van der Waals surface area contributed by atoms with Crippen molar-refractivity contribution in [3.8, 4) is 0 Å². The average Bonchev–Trinajstić information content (AvgIpc) is 2.58. The summed E-state index contributed by atoms with van der Waals surface area (Å²) in [5.74, 6) is 0.891. The fraction of sp³-hybridized carbons (Fsp3) is 0. The summed E-state index contributed by atoms with van der Waals surface area (Å²) in [5.41, 5.74) is 10.2. The number of para-hydroxylation sites is 1. The van der Waals surface area contributed by atoms with Crippen LogP contribution < -0.4 is 16.5 Å². The number of aromatic nitrogens is 2. The first-order valence-corrected chi connectivity index (χ1v) is 7.64. The molecule has 0 spiro atoms. The van der Waals surface area contributed by atoms with Crippen molar-refractivity contribution in [1.29, 1.82) is 0 Å². The van der Waals surface area contributed by atoms with Crippen LogP contribution in [0.1, 0.15) is 0 Å². The van der Waals surface area contributed by atoms with Gasteiger partial charge in [0.2, 0.25) is 5.95 Å². The van der Waals surface area contributed by atoms with Gasteiger partial charge in [-0.1, -0.05) is 18.2 Å². The Hall–Kier alpha value is -2.77. The third-order valence-corrected chi connectivity index (χ3v) is 3.50. The zero-order valence-electron chi connectivity index (χ0n) is 12.1. The van der Waals surface area contributed by atoms with Crippen LogP contribution in [0, 0.1) is 0 Å². The predicted octanol–water partition coefficient (Wildman–Crippen LogP) is 3.85.